The molecule has 0 aliphatic heterocycles. The summed E-state index contributed by atoms with van der Waals surface area (Å²) in [5, 5.41) is 11.2. The third-order valence-electron chi connectivity index (χ3n) is 3.24. The molecule has 0 aliphatic carbocycles. The maximum Gasteiger partial charge on any atom is 0.194 e. The normalized spacial score (nSPS) is 11.1. The highest BCUT2D eigenvalue weighted by molar-refractivity contribution is 7.15. The maximum absolute atomic E-state index is 9.10. The standard InChI is InChI=1S/C15H14N4S/c1-10(2)14-12(5-6-16)19-13(9-20-15(19)18-14)11-4-3-7-17-8-11/h3-4,7-10H,5H2,1-2H3. The number of rotatable bonds is 3. The minimum absolute atomic E-state index is 0.312. The Labute approximate surface area is 121 Å². The summed E-state index contributed by atoms with van der Waals surface area (Å²) in [4.78, 5) is 9.80. The molecule has 0 N–H and O–H groups in total. The van der Waals surface area contributed by atoms with Crippen LogP contribution in [0.15, 0.2) is 29.9 Å². The second kappa shape index (κ2) is 5.06. The van der Waals surface area contributed by atoms with E-state index in [2.05, 4.69) is 39.7 Å². The number of nitriles is 1. The highest BCUT2D eigenvalue weighted by Gasteiger charge is 2.19. The largest absolute Gasteiger partial charge is 0.286 e. The zero-order chi connectivity index (χ0) is 14.1. The lowest BCUT2D eigenvalue weighted by Crippen LogP contribution is -1.99. The molecule has 5 heteroatoms. The summed E-state index contributed by atoms with van der Waals surface area (Å²) in [6.07, 6.45) is 3.97. The van der Waals surface area contributed by atoms with Crippen LogP contribution in [0.2, 0.25) is 0 Å². The predicted molar refractivity (Wildman–Crippen MR) is 79.7 cm³/mol. The summed E-state index contributed by atoms with van der Waals surface area (Å²) in [5.41, 5.74) is 4.12. The molecule has 0 fully saturated rings. The van der Waals surface area contributed by atoms with Gasteiger partial charge in [0.1, 0.15) is 0 Å². The lowest BCUT2D eigenvalue weighted by Gasteiger charge is -2.05. The lowest BCUT2D eigenvalue weighted by molar-refractivity contribution is 0.814. The summed E-state index contributed by atoms with van der Waals surface area (Å²) in [5.74, 6) is 0.312. The van der Waals surface area contributed by atoms with Gasteiger partial charge in [-0.1, -0.05) is 13.8 Å². The van der Waals surface area contributed by atoms with Crippen LogP contribution < -0.4 is 0 Å². The Hall–Kier alpha value is -2.19. The van der Waals surface area contributed by atoms with Crippen molar-refractivity contribution in [3.63, 3.8) is 0 Å². The second-order valence-corrected chi connectivity index (χ2v) is 5.75. The Balaban J connectivity index is 2.28. The molecule has 0 amide bonds. The molecule has 3 heterocycles. The number of fused-ring (bicyclic) bond motifs is 1. The van der Waals surface area contributed by atoms with Gasteiger partial charge in [-0.05, 0) is 18.1 Å². The van der Waals surface area contributed by atoms with Gasteiger partial charge in [0.15, 0.2) is 4.96 Å². The summed E-state index contributed by atoms with van der Waals surface area (Å²) >= 11 is 1.60. The fourth-order valence-electron chi connectivity index (χ4n) is 2.35. The van der Waals surface area contributed by atoms with E-state index in [1.165, 1.54) is 0 Å². The Bertz CT molecular complexity index is 777. The van der Waals surface area contributed by atoms with E-state index in [4.69, 9.17) is 5.26 Å². The van der Waals surface area contributed by atoms with Crippen LogP contribution >= 0.6 is 11.3 Å². The molecular formula is C15H14N4S. The molecule has 0 radical (unpaired) electrons. The number of thiazole rings is 1. The van der Waals surface area contributed by atoms with Crippen molar-refractivity contribution < 1.29 is 0 Å². The number of aromatic nitrogens is 3. The van der Waals surface area contributed by atoms with Crippen molar-refractivity contribution in [3.8, 4) is 17.3 Å². The molecule has 0 bridgehead atoms. The van der Waals surface area contributed by atoms with Crippen LogP contribution in [0.4, 0.5) is 0 Å². The van der Waals surface area contributed by atoms with E-state index in [0.29, 0.717) is 12.3 Å². The molecule has 0 atom stereocenters. The SMILES string of the molecule is CC(C)c1nc2scc(-c3cccnc3)n2c1CC#N. The van der Waals surface area contributed by atoms with Gasteiger partial charge >= 0.3 is 0 Å². The molecule has 0 spiro atoms. The molecule has 0 saturated carbocycles. The zero-order valence-corrected chi connectivity index (χ0v) is 12.2. The molecule has 4 nitrogen and oxygen atoms in total. The molecule has 0 aromatic carbocycles. The molecule has 3 aromatic heterocycles. The van der Waals surface area contributed by atoms with Crippen molar-refractivity contribution in [1.29, 1.82) is 5.26 Å². The highest BCUT2D eigenvalue weighted by atomic mass is 32.1. The van der Waals surface area contributed by atoms with E-state index in [0.717, 1.165) is 27.6 Å². The van der Waals surface area contributed by atoms with Crippen molar-refractivity contribution in [3.05, 3.63) is 41.3 Å². The van der Waals surface area contributed by atoms with Crippen LogP contribution in [-0.4, -0.2) is 14.4 Å². The van der Waals surface area contributed by atoms with Crippen LogP contribution in [0.1, 0.15) is 31.2 Å². The van der Waals surface area contributed by atoms with Crippen molar-refractivity contribution >= 4 is 16.3 Å². The first-order valence-electron chi connectivity index (χ1n) is 6.48. The quantitative estimate of drug-likeness (QED) is 0.737. The maximum atomic E-state index is 9.10. The lowest BCUT2D eigenvalue weighted by atomic mass is 10.1. The van der Waals surface area contributed by atoms with E-state index in [1.54, 1.807) is 17.5 Å². The Morgan fingerprint density at radius 1 is 1.45 bits per heavy atom. The topological polar surface area (TPSA) is 54.0 Å². The van der Waals surface area contributed by atoms with E-state index in [9.17, 15) is 0 Å². The summed E-state index contributed by atoms with van der Waals surface area (Å²) < 4.78 is 2.10. The second-order valence-electron chi connectivity index (χ2n) is 4.91. The number of hydrogen-bond donors (Lipinski definition) is 0. The fraction of sp³-hybridized carbons (Fsp3) is 0.267. The smallest absolute Gasteiger partial charge is 0.194 e. The zero-order valence-electron chi connectivity index (χ0n) is 11.4. The van der Waals surface area contributed by atoms with Crippen molar-refractivity contribution in [2.75, 3.05) is 0 Å². The first-order valence-corrected chi connectivity index (χ1v) is 7.36. The molecule has 3 aromatic rings. The third-order valence-corrected chi connectivity index (χ3v) is 4.07. The van der Waals surface area contributed by atoms with Gasteiger partial charge < -0.3 is 0 Å². The van der Waals surface area contributed by atoms with Crippen LogP contribution in [0, 0.1) is 11.3 Å². The summed E-state index contributed by atoms with van der Waals surface area (Å²) in [7, 11) is 0. The first kappa shape index (κ1) is 12.8. The Kier molecular flexibility index (Phi) is 3.25. The number of imidazole rings is 1. The van der Waals surface area contributed by atoms with E-state index in [-0.39, 0.29) is 0 Å². The van der Waals surface area contributed by atoms with Crippen molar-refractivity contribution in [2.24, 2.45) is 0 Å². The third kappa shape index (κ3) is 1.98. The minimum Gasteiger partial charge on any atom is -0.286 e. The van der Waals surface area contributed by atoms with Crippen LogP contribution in [0.25, 0.3) is 16.2 Å². The van der Waals surface area contributed by atoms with Gasteiger partial charge in [-0.3, -0.25) is 9.38 Å². The van der Waals surface area contributed by atoms with Crippen LogP contribution in [0.5, 0.6) is 0 Å². The van der Waals surface area contributed by atoms with E-state index in [1.807, 2.05) is 18.3 Å². The monoisotopic (exact) mass is 282 g/mol. The van der Waals surface area contributed by atoms with Gasteiger partial charge in [0.05, 0.1) is 29.6 Å². The fourth-order valence-corrected chi connectivity index (χ4v) is 3.28. The van der Waals surface area contributed by atoms with Crippen LogP contribution in [0.3, 0.4) is 0 Å². The first-order chi connectivity index (χ1) is 9.72. The Morgan fingerprint density at radius 3 is 2.95 bits per heavy atom. The molecule has 100 valence electrons. The van der Waals surface area contributed by atoms with Gasteiger partial charge in [-0.15, -0.1) is 11.3 Å². The predicted octanol–water partition coefficient (Wildman–Crippen LogP) is 3.65. The highest BCUT2D eigenvalue weighted by Crippen LogP contribution is 2.31. The van der Waals surface area contributed by atoms with Gasteiger partial charge in [0, 0.05) is 23.3 Å². The summed E-state index contributed by atoms with van der Waals surface area (Å²) in [6, 6.07) is 6.20. The molecule has 0 aliphatic rings. The van der Waals surface area contributed by atoms with Gasteiger partial charge in [-0.2, -0.15) is 5.26 Å². The van der Waals surface area contributed by atoms with Crippen molar-refractivity contribution in [2.45, 2.75) is 26.2 Å². The molecule has 20 heavy (non-hydrogen) atoms. The van der Waals surface area contributed by atoms with E-state index < -0.39 is 0 Å². The van der Waals surface area contributed by atoms with E-state index >= 15 is 0 Å². The number of pyridine rings is 1. The summed E-state index contributed by atoms with van der Waals surface area (Å²) in [6.45, 7) is 4.22. The van der Waals surface area contributed by atoms with Gasteiger partial charge in [0.2, 0.25) is 0 Å². The number of nitrogens with zero attached hydrogens (tertiary/aromatic N) is 4. The molecule has 3 rings (SSSR count). The van der Waals surface area contributed by atoms with Crippen molar-refractivity contribution in [1.82, 2.24) is 14.4 Å². The van der Waals surface area contributed by atoms with Gasteiger partial charge in [-0.25, -0.2) is 4.98 Å². The molecule has 0 unspecified atom stereocenters. The Morgan fingerprint density at radius 2 is 2.30 bits per heavy atom. The average molecular weight is 282 g/mol. The van der Waals surface area contributed by atoms with Gasteiger partial charge in [0.25, 0.3) is 0 Å². The minimum atomic E-state index is 0.312. The average Bonchev–Trinajstić information content (AvgIpc) is 3.00. The molecular weight excluding hydrogens is 268 g/mol. The van der Waals surface area contributed by atoms with Crippen LogP contribution in [-0.2, 0) is 6.42 Å². The molecule has 0 saturated heterocycles. The number of hydrogen-bond acceptors (Lipinski definition) is 4.